The molecule has 0 radical (unpaired) electrons. The van der Waals surface area contributed by atoms with Crippen LogP contribution >= 0.6 is 0 Å². The summed E-state index contributed by atoms with van der Waals surface area (Å²) in [6, 6.07) is 6.63. The van der Waals surface area contributed by atoms with Gasteiger partial charge in [0.1, 0.15) is 5.82 Å². The molecule has 0 saturated heterocycles. The van der Waals surface area contributed by atoms with E-state index in [4.69, 9.17) is 5.73 Å². The van der Waals surface area contributed by atoms with E-state index in [1.807, 2.05) is 0 Å². The Bertz CT molecular complexity index is 594. The molecule has 0 fully saturated rings. The van der Waals surface area contributed by atoms with Gasteiger partial charge in [-0.3, -0.25) is 0 Å². The molecule has 0 amide bonds. The van der Waals surface area contributed by atoms with Gasteiger partial charge in [-0.15, -0.1) is 0 Å². The Kier molecular flexibility index (Phi) is 3.39. The summed E-state index contributed by atoms with van der Waals surface area (Å²) in [6.45, 7) is 2.15. The first kappa shape index (κ1) is 12.6. The first-order chi connectivity index (χ1) is 8.52. The van der Waals surface area contributed by atoms with Crippen molar-refractivity contribution in [1.29, 1.82) is 0 Å². The van der Waals surface area contributed by atoms with Crippen molar-refractivity contribution < 1.29 is 13.2 Å². The largest absolute Gasteiger partial charge is 0.326 e. The highest BCUT2D eigenvalue weighted by atomic mass is 19.2. The highest BCUT2D eigenvalue weighted by Crippen LogP contribution is 2.28. The van der Waals surface area contributed by atoms with Gasteiger partial charge in [0.05, 0.1) is 0 Å². The summed E-state index contributed by atoms with van der Waals surface area (Å²) in [5.74, 6) is -3.03. The minimum Gasteiger partial charge on any atom is -0.326 e. The second-order valence-electron chi connectivity index (χ2n) is 4.10. The quantitative estimate of drug-likeness (QED) is 0.812. The highest BCUT2D eigenvalue weighted by Gasteiger charge is 2.13. The molecular weight excluding hydrogens is 239 g/mol. The number of halogens is 3. The fourth-order valence-corrected chi connectivity index (χ4v) is 1.88. The van der Waals surface area contributed by atoms with Crippen molar-refractivity contribution in [3.8, 4) is 11.1 Å². The summed E-state index contributed by atoms with van der Waals surface area (Å²) in [5.41, 5.74) is 7.75. The molecular formula is C14H12F3N. The number of aryl methyl sites for hydroxylation is 1. The smallest absolute Gasteiger partial charge is 0.161 e. The van der Waals surface area contributed by atoms with E-state index in [0.29, 0.717) is 18.2 Å². The molecule has 0 spiro atoms. The lowest BCUT2D eigenvalue weighted by Gasteiger charge is -2.09. The number of hydrogen-bond donors (Lipinski definition) is 1. The first-order valence-corrected chi connectivity index (χ1v) is 5.47. The van der Waals surface area contributed by atoms with Crippen molar-refractivity contribution in [3.63, 3.8) is 0 Å². The first-order valence-electron chi connectivity index (χ1n) is 5.47. The molecule has 0 heterocycles. The summed E-state index contributed by atoms with van der Waals surface area (Å²) < 4.78 is 39.7. The van der Waals surface area contributed by atoms with E-state index < -0.39 is 17.5 Å². The van der Waals surface area contributed by atoms with Crippen LogP contribution in [0.2, 0.25) is 0 Å². The van der Waals surface area contributed by atoms with Crippen LogP contribution in [0.3, 0.4) is 0 Å². The normalized spacial score (nSPS) is 10.7. The van der Waals surface area contributed by atoms with Gasteiger partial charge in [0.15, 0.2) is 11.6 Å². The predicted octanol–water partition coefficient (Wildman–Crippen LogP) is 3.54. The van der Waals surface area contributed by atoms with Crippen LogP contribution in [0.15, 0.2) is 30.3 Å². The van der Waals surface area contributed by atoms with E-state index >= 15 is 0 Å². The molecule has 2 rings (SSSR count). The Hall–Kier alpha value is -1.81. The number of hydrogen-bond acceptors (Lipinski definition) is 1. The maximum Gasteiger partial charge on any atom is 0.161 e. The third-order valence-electron chi connectivity index (χ3n) is 2.83. The van der Waals surface area contributed by atoms with E-state index in [0.717, 1.165) is 17.2 Å². The third-order valence-corrected chi connectivity index (χ3v) is 2.83. The zero-order valence-electron chi connectivity index (χ0n) is 9.81. The van der Waals surface area contributed by atoms with Crippen LogP contribution in [0, 0.1) is 24.4 Å². The SMILES string of the molecule is Cc1cc(CN)ccc1-c1cc(F)c(F)cc1F. The average molecular weight is 251 g/mol. The van der Waals surface area contributed by atoms with Gasteiger partial charge in [0.25, 0.3) is 0 Å². The fourth-order valence-electron chi connectivity index (χ4n) is 1.88. The van der Waals surface area contributed by atoms with Crippen molar-refractivity contribution in [1.82, 2.24) is 0 Å². The molecule has 2 aromatic carbocycles. The number of benzene rings is 2. The van der Waals surface area contributed by atoms with Crippen LogP contribution in [0.1, 0.15) is 11.1 Å². The van der Waals surface area contributed by atoms with Gasteiger partial charge in [-0.1, -0.05) is 18.2 Å². The van der Waals surface area contributed by atoms with Gasteiger partial charge in [-0.05, 0) is 29.7 Å². The van der Waals surface area contributed by atoms with Crippen molar-refractivity contribution in [2.75, 3.05) is 0 Å². The predicted molar refractivity (Wildman–Crippen MR) is 64.4 cm³/mol. The minimum absolute atomic E-state index is 0.0509. The van der Waals surface area contributed by atoms with Crippen LogP contribution in [-0.2, 0) is 6.54 Å². The highest BCUT2D eigenvalue weighted by molar-refractivity contribution is 5.68. The molecule has 0 aliphatic carbocycles. The average Bonchev–Trinajstić information content (AvgIpc) is 2.34. The fraction of sp³-hybridized carbons (Fsp3) is 0.143. The molecule has 0 aromatic heterocycles. The maximum absolute atomic E-state index is 13.6. The van der Waals surface area contributed by atoms with Crippen molar-refractivity contribution in [2.45, 2.75) is 13.5 Å². The van der Waals surface area contributed by atoms with Gasteiger partial charge in [-0.25, -0.2) is 13.2 Å². The van der Waals surface area contributed by atoms with E-state index in [9.17, 15) is 13.2 Å². The summed E-state index contributed by atoms with van der Waals surface area (Å²) in [4.78, 5) is 0. The molecule has 1 nitrogen and oxygen atoms in total. The molecule has 4 heteroatoms. The lowest BCUT2D eigenvalue weighted by Crippen LogP contribution is -1.98. The zero-order valence-corrected chi connectivity index (χ0v) is 9.81. The van der Waals surface area contributed by atoms with Gasteiger partial charge >= 0.3 is 0 Å². The molecule has 0 aliphatic rings. The van der Waals surface area contributed by atoms with Crippen LogP contribution in [0.5, 0.6) is 0 Å². The maximum atomic E-state index is 13.6. The number of rotatable bonds is 2. The summed E-state index contributed by atoms with van der Waals surface area (Å²) >= 11 is 0. The van der Waals surface area contributed by atoms with Crippen LogP contribution in [0.4, 0.5) is 13.2 Å². The lowest BCUT2D eigenvalue weighted by atomic mass is 9.98. The van der Waals surface area contributed by atoms with Gasteiger partial charge in [0.2, 0.25) is 0 Å². The van der Waals surface area contributed by atoms with Crippen LogP contribution in [0.25, 0.3) is 11.1 Å². The van der Waals surface area contributed by atoms with Crippen molar-refractivity contribution >= 4 is 0 Å². The van der Waals surface area contributed by atoms with Crippen molar-refractivity contribution in [2.24, 2.45) is 5.73 Å². The van der Waals surface area contributed by atoms with E-state index in [1.54, 1.807) is 25.1 Å². The molecule has 0 aliphatic heterocycles. The Morgan fingerprint density at radius 2 is 1.56 bits per heavy atom. The van der Waals surface area contributed by atoms with Gasteiger partial charge in [-0.2, -0.15) is 0 Å². The molecule has 0 unspecified atom stereocenters. The summed E-state index contributed by atoms with van der Waals surface area (Å²) in [5, 5.41) is 0. The third kappa shape index (κ3) is 2.24. The molecule has 2 N–H and O–H groups in total. The Balaban J connectivity index is 2.58. The zero-order chi connectivity index (χ0) is 13.3. The van der Waals surface area contributed by atoms with Crippen LogP contribution in [-0.4, -0.2) is 0 Å². The summed E-state index contributed by atoms with van der Waals surface area (Å²) in [6.07, 6.45) is 0. The topological polar surface area (TPSA) is 26.0 Å². The monoisotopic (exact) mass is 251 g/mol. The Morgan fingerprint density at radius 1 is 0.889 bits per heavy atom. The van der Waals surface area contributed by atoms with E-state index in [1.165, 1.54) is 0 Å². The molecule has 0 saturated carbocycles. The second kappa shape index (κ2) is 4.82. The molecule has 0 bridgehead atoms. The molecule has 94 valence electrons. The van der Waals surface area contributed by atoms with Gasteiger partial charge < -0.3 is 5.73 Å². The molecule has 18 heavy (non-hydrogen) atoms. The molecule has 0 atom stereocenters. The minimum atomic E-state index is -1.19. The number of nitrogens with two attached hydrogens (primary N) is 1. The summed E-state index contributed by atoms with van der Waals surface area (Å²) in [7, 11) is 0. The van der Waals surface area contributed by atoms with Gasteiger partial charge in [0, 0.05) is 18.2 Å². The van der Waals surface area contributed by atoms with Crippen molar-refractivity contribution in [3.05, 3.63) is 58.9 Å². The van der Waals surface area contributed by atoms with E-state index in [-0.39, 0.29) is 5.56 Å². The second-order valence-corrected chi connectivity index (χ2v) is 4.10. The Labute approximate surface area is 103 Å². The van der Waals surface area contributed by atoms with Crippen LogP contribution < -0.4 is 5.73 Å². The standard InChI is InChI=1S/C14H12F3N/c1-8-4-9(7-18)2-3-10(8)11-5-13(16)14(17)6-12(11)15/h2-6H,7,18H2,1H3. The lowest BCUT2D eigenvalue weighted by molar-refractivity contribution is 0.496. The Morgan fingerprint density at radius 3 is 2.17 bits per heavy atom. The van der Waals surface area contributed by atoms with E-state index in [2.05, 4.69) is 0 Å². The molecule has 2 aromatic rings.